The average molecular weight is 339 g/mol. The Morgan fingerprint density at radius 1 is 1.48 bits per heavy atom. The highest BCUT2D eigenvalue weighted by Gasteiger charge is 2.09. The number of aromatic amines is 1. The lowest BCUT2D eigenvalue weighted by Gasteiger charge is -2.09. The minimum atomic E-state index is -0.642. The van der Waals surface area contributed by atoms with E-state index in [9.17, 15) is 14.7 Å². The fraction of sp³-hybridized carbons (Fsp3) is 0.176. The molecule has 4 N–H and O–H groups in total. The summed E-state index contributed by atoms with van der Waals surface area (Å²) < 4.78 is 1.43. The molecule has 0 aromatic carbocycles. The van der Waals surface area contributed by atoms with Crippen molar-refractivity contribution in [2.75, 3.05) is 0 Å². The standard InChI is InChI=1S/C17H17N5O3/c1-10(23)8-22-9-12(3-5-15(22)25)13-7-20-17-16(21-13)11(6-19-17)2-4-14(18)24/h2-7,9-10,23H,8H2,1H3,(H2,18,24)(H,19,20). The van der Waals surface area contributed by atoms with Gasteiger partial charge >= 0.3 is 0 Å². The van der Waals surface area contributed by atoms with Gasteiger partial charge in [0.2, 0.25) is 5.91 Å². The summed E-state index contributed by atoms with van der Waals surface area (Å²) in [5.74, 6) is -0.552. The summed E-state index contributed by atoms with van der Waals surface area (Å²) in [6.45, 7) is 1.81. The molecule has 1 atom stereocenters. The van der Waals surface area contributed by atoms with Crippen LogP contribution >= 0.6 is 0 Å². The van der Waals surface area contributed by atoms with Gasteiger partial charge in [-0.25, -0.2) is 9.97 Å². The number of hydrogen-bond donors (Lipinski definition) is 3. The van der Waals surface area contributed by atoms with Crippen LogP contribution in [0.25, 0.3) is 28.5 Å². The van der Waals surface area contributed by atoms with Crippen molar-refractivity contribution in [2.45, 2.75) is 19.6 Å². The van der Waals surface area contributed by atoms with E-state index in [-0.39, 0.29) is 12.1 Å². The Morgan fingerprint density at radius 2 is 2.28 bits per heavy atom. The summed E-state index contributed by atoms with van der Waals surface area (Å²) >= 11 is 0. The number of aliphatic hydroxyl groups is 1. The number of carbonyl (C=O) groups excluding carboxylic acids is 1. The van der Waals surface area contributed by atoms with Gasteiger partial charge in [-0.2, -0.15) is 0 Å². The van der Waals surface area contributed by atoms with Crippen molar-refractivity contribution in [3.05, 3.63) is 52.7 Å². The fourth-order valence-corrected chi connectivity index (χ4v) is 2.46. The van der Waals surface area contributed by atoms with Gasteiger partial charge in [-0.1, -0.05) is 0 Å². The molecule has 0 saturated heterocycles. The van der Waals surface area contributed by atoms with E-state index in [1.165, 1.54) is 16.7 Å². The molecular weight excluding hydrogens is 322 g/mol. The second-order valence-corrected chi connectivity index (χ2v) is 5.69. The summed E-state index contributed by atoms with van der Waals surface area (Å²) in [5.41, 5.74) is 8.02. The predicted octanol–water partition coefficient (Wildman–Crippen LogP) is 0.666. The zero-order valence-corrected chi connectivity index (χ0v) is 13.5. The number of H-pyrrole nitrogens is 1. The van der Waals surface area contributed by atoms with Gasteiger partial charge in [0, 0.05) is 35.7 Å². The van der Waals surface area contributed by atoms with E-state index in [2.05, 4.69) is 15.0 Å². The number of amides is 1. The summed E-state index contributed by atoms with van der Waals surface area (Å²) in [5, 5.41) is 9.51. The van der Waals surface area contributed by atoms with E-state index in [0.717, 1.165) is 0 Å². The third-order valence-electron chi connectivity index (χ3n) is 3.58. The van der Waals surface area contributed by atoms with Crippen molar-refractivity contribution in [1.29, 1.82) is 0 Å². The number of carbonyl (C=O) groups is 1. The Balaban J connectivity index is 2.05. The molecule has 128 valence electrons. The third kappa shape index (κ3) is 3.64. The van der Waals surface area contributed by atoms with Gasteiger partial charge in [-0.05, 0) is 19.1 Å². The number of nitrogens with two attached hydrogens (primary N) is 1. The number of aromatic nitrogens is 4. The first-order chi connectivity index (χ1) is 11.9. The lowest BCUT2D eigenvalue weighted by Crippen LogP contribution is -2.24. The van der Waals surface area contributed by atoms with Crippen LogP contribution in [0, 0.1) is 0 Å². The molecule has 0 aliphatic carbocycles. The van der Waals surface area contributed by atoms with Crippen LogP contribution in [0.15, 0.2) is 41.6 Å². The van der Waals surface area contributed by atoms with E-state index in [1.807, 2.05) is 0 Å². The van der Waals surface area contributed by atoms with Crippen molar-refractivity contribution in [3.8, 4) is 11.3 Å². The summed E-state index contributed by atoms with van der Waals surface area (Å²) in [6.07, 6.45) is 7.08. The maximum atomic E-state index is 11.9. The van der Waals surface area contributed by atoms with E-state index in [1.54, 1.807) is 37.7 Å². The third-order valence-corrected chi connectivity index (χ3v) is 3.58. The van der Waals surface area contributed by atoms with Crippen LogP contribution in [0.3, 0.4) is 0 Å². The highest BCUT2D eigenvalue weighted by molar-refractivity contribution is 5.93. The molecule has 0 spiro atoms. The van der Waals surface area contributed by atoms with E-state index in [4.69, 9.17) is 5.73 Å². The Bertz CT molecular complexity index is 1020. The molecule has 3 heterocycles. The van der Waals surface area contributed by atoms with Crippen molar-refractivity contribution < 1.29 is 9.90 Å². The number of pyridine rings is 1. The normalized spacial score (nSPS) is 12.7. The molecule has 3 aromatic rings. The maximum Gasteiger partial charge on any atom is 0.250 e. The van der Waals surface area contributed by atoms with Crippen LogP contribution in [-0.2, 0) is 11.3 Å². The monoisotopic (exact) mass is 339 g/mol. The molecule has 3 aromatic heterocycles. The topological polar surface area (TPSA) is 127 Å². The summed E-state index contributed by atoms with van der Waals surface area (Å²) in [7, 11) is 0. The van der Waals surface area contributed by atoms with Gasteiger partial charge in [0.05, 0.1) is 24.5 Å². The van der Waals surface area contributed by atoms with Gasteiger partial charge in [0.1, 0.15) is 5.52 Å². The predicted molar refractivity (Wildman–Crippen MR) is 93.5 cm³/mol. The Labute approximate surface area is 142 Å². The Hall–Kier alpha value is -3.26. The first kappa shape index (κ1) is 16.6. The quantitative estimate of drug-likeness (QED) is 0.589. The molecule has 25 heavy (non-hydrogen) atoms. The van der Waals surface area contributed by atoms with Crippen LogP contribution in [0.1, 0.15) is 12.5 Å². The number of primary amides is 1. The molecular formula is C17H17N5O3. The number of aliphatic hydroxyl groups excluding tert-OH is 1. The molecule has 8 heteroatoms. The molecule has 8 nitrogen and oxygen atoms in total. The number of rotatable bonds is 5. The summed E-state index contributed by atoms with van der Waals surface area (Å²) in [6, 6.07) is 3.08. The van der Waals surface area contributed by atoms with Gasteiger partial charge in [0.15, 0.2) is 5.65 Å². The number of nitrogens with one attached hydrogen (secondary N) is 1. The largest absolute Gasteiger partial charge is 0.392 e. The molecule has 1 unspecified atom stereocenters. The molecule has 0 saturated carbocycles. The first-order valence-corrected chi connectivity index (χ1v) is 7.64. The summed E-state index contributed by atoms with van der Waals surface area (Å²) in [4.78, 5) is 34.6. The van der Waals surface area contributed by atoms with E-state index in [0.29, 0.717) is 28.0 Å². The Morgan fingerprint density at radius 3 is 3.00 bits per heavy atom. The molecule has 1 amide bonds. The van der Waals surface area contributed by atoms with E-state index < -0.39 is 12.0 Å². The average Bonchev–Trinajstić information content (AvgIpc) is 2.97. The molecule has 3 rings (SSSR count). The van der Waals surface area contributed by atoms with Crippen LogP contribution in [0.5, 0.6) is 0 Å². The number of nitrogens with zero attached hydrogens (tertiary/aromatic N) is 3. The lowest BCUT2D eigenvalue weighted by atomic mass is 10.2. The molecule has 0 aliphatic heterocycles. The van der Waals surface area contributed by atoms with Crippen molar-refractivity contribution >= 4 is 23.1 Å². The van der Waals surface area contributed by atoms with Crippen LogP contribution in [0.2, 0.25) is 0 Å². The maximum absolute atomic E-state index is 11.9. The lowest BCUT2D eigenvalue weighted by molar-refractivity contribution is -0.113. The first-order valence-electron chi connectivity index (χ1n) is 7.64. The SMILES string of the molecule is CC(O)Cn1cc(-c2cnc3[nH]cc(C=CC(N)=O)c3n2)ccc1=O. The molecule has 0 radical (unpaired) electrons. The minimum Gasteiger partial charge on any atom is -0.392 e. The van der Waals surface area contributed by atoms with Gasteiger partial charge < -0.3 is 20.4 Å². The van der Waals surface area contributed by atoms with Crippen LogP contribution in [-0.4, -0.2) is 36.6 Å². The van der Waals surface area contributed by atoms with Crippen LogP contribution < -0.4 is 11.3 Å². The fourth-order valence-electron chi connectivity index (χ4n) is 2.46. The molecule has 0 fully saturated rings. The van der Waals surface area contributed by atoms with Gasteiger partial charge in [0.25, 0.3) is 5.56 Å². The smallest absolute Gasteiger partial charge is 0.250 e. The van der Waals surface area contributed by atoms with Crippen LogP contribution in [0.4, 0.5) is 0 Å². The van der Waals surface area contributed by atoms with Crippen molar-refractivity contribution in [2.24, 2.45) is 5.73 Å². The second-order valence-electron chi connectivity index (χ2n) is 5.69. The second kappa shape index (κ2) is 6.70. The highest BCUT2D eigenvalue weighted by Crippen LogP contribution is 2.21. The van der Waals surface area contributed by atoms with Crippen molar-refractivity contribution in [1.82, 2.24) is 19.5 Å². The van der Waals surface area contributed by atoms with E-state index >= 15 is 0 Å². The van der Waals surface area contributed by atoms with Crippen molar-refractivity contribution in [3.63, 3.8) is 0 Å². The zero-order chi connectivity index (χ0) is 18.0. The Kier molecular flexibility index (Phi) is 4.44. The molecule has 0 aliphatic rings. The molecule has 0 bridgehead atoms. The van der Waals surface area contributed by atoms with Gasteiger partial charge in [-0.15, -0.1) is 0 Å². The highest BCUT2D eigenvalue weighted by atomic mass is 16.3. The van der Waals surface area contributed by atoms with Gasteiger partial charge in [-0.3, -0.25) is 9.59 Å². The zero-order valence-electron chi connectivity index (χ0n) is 13.5. The number of hydrogen-bond acceptors (Lipinski definition) is 5. The minimum absolute atomic E-state index is 0.194. The number of fused-ring (bicyclic) bond motifs is 1.